The Balaban J connectivity index is 1.19. The quantitative estimate of drug-likeness (QED) is 0.195. The van der Waals surface area contributed by atoms with Gasteiger partial charge in [-0.3, -0.25) is 0 Å². The van der Waals surface area contributed by atoms with E-state index >= 15 is 0 Å². The van der Waals surface area contributed by atoms with Crippen molar-refractivity contribution in [3.05, 3.63) is 169 Å². The highest BCUT2D eigenvalue weighted by Crippen LogP contribution is 2.40. The zero-order chi connectivity index (χ0) is 32.5. The standard InChI is InChI=1S/C45H30N4/c1-29-20-25-35-38-28-42-37(34-16-9-11-19-40(34)48(42)32-14-6-3-7-15-32)27-43(38)49(41(35)26-29)33-23-21-31(22-24-33)45-46-39-18-10-8-17-36(39)44(47-45)30-12-4-2-5-13-30/h2-28H,1H3. The van der Waals surface area contributed by atoms with Crippen molar-refractivity contribution in [2.45, 2.75) is 6.92 Å². The lowest BCUT2D eigenvalue weighted by molar-refractivity contribution is 1.17. The first-order valence-corrected chi connectivity index (χ1v) is 16.7. The van der Waals surface area contributed by atoms with Crippen LogP contribution in [0, 0.1) is 6.92 Å². The van der Waals surface area contributed by atoms with Gasteiger partial charge in [0.2, 0.25) is 0 Å². The van der Waals surface area contributed by atoms with E-state index in [1.807, 2.05) is 18.2 Å². The Labute approximate surface area is 283 Å². The van der Waals surface area contributed by atoms with Crippen LogP contribution in [0.15, 0.2) is 164 Å². The predicted molar refractivity (Wildman–Crippen MR) is 204 cm³/mol. The van der Waals surface area contributed by atoms with Gasteiger partial charge in [0.25, 0.3) is 0 Å². The summed E-state index contributed by atoms with van der Waals surface area (Å²) >= 11 is 0. The first-order valence-electron chi connectivity index (χ1n) is 16.7. The summed E-state index contributed by atoms with van der Waals surface area (Å²) in [6.45, 7) is 2.17. The predicted octanol–water partition coefficient (Wildman–Crippen LogP) is 11.5. The molecule has 0 bridgehead atoms. The number of aryl methyl sites for hydroxylation is 1. The van der Waals surface area contributed by atoms with Crippen molar-refractivity contribution in [2.75, 3.05) is 0 Å². The van der Waals surface area contributed by atoms with E-state index < -0.39 is 0 Å². The molecule has 0 fully saturated rings. The average molecular weight is 627 g/mol. The number of aromatic nitrogens is 4. The minimum absolute atomic E-state index is 0.720. The van der Waals surface area contributed by atoms with Crippen molar-refractivity contribution in [2.24, 2.45) is 0 Å². The second-order valence-electron chi connectivity index (χ2n) is 12.8. The monoisotopic (exact) mass is 626 g/mol. The van der Waals surface area contributed by atoms with Gasteiger partial charge in [0.1, 0.15) is 0 Å². The van der Waals surface area contributed by atoms with Crippen molar-refractivity contribution in [3.8, 4) is 34.0 Å². The van der Waals surface area contributed by atoms with Crippen LogP contribution in [0.5, 0.6) is 0 Å². The van der Waals surface area contributed by atoms with Crippen LogP contribution >= 0.6 is 0 Å². The fourth-order valence-electron chi connectivity index (χ4n) is 7.50. The van der Waals surface area contributed by atoms with E-state index in [2.05, 4.69) is 162 Å². The molecule has 0 aliphatic rings. The minimum Gasteiger partial charge on any atom is -0.309 e. The van der Waals surface area contributed by atoms with Gasteiger partial charge in [0, 0.05) is 49.4 Å². The average Bonchev–Trinajstić information content (AvgIpc) is 3.65. The van der Waals surface area contributed by atoms with Crippen LogP contribution in [0.25, 0.3) is 88.5 Å². The lowest BCUT2D eigenvalue weighted by atomic mass is 10.1. The topological polar surface area (TPSA) is 35.6 Å². The van der Waals surface area contributed by atoms with E-state index in [0.29, 0.717) is 0 Å². The normalized spacial score (nSPS) is 11.8. The van der Waals surface area contributed by atoms with Gasteiger partial charge in [-0.1, -0.05) is 97.1 Å². The third-order valence-electron chi connectivity index (χ3n) is 9.76. The van der Waals surface area contributed by atoms with Crippen molar-refractivity contribution in [1.82, 2.24) is 19.1 Å². The van der Waals surface area contributed by atoms with Crippen molar-refractivity contribution >= 4 is 54.5 Å². The van der Waals surface area contributed by atoms with E-state index in [9.17, 15) is 0 Å². The van der Waals surface area contributed by atoms with Crippen LogP contribution in [0.1, 0.15) is 5.56 Å². The molecule has 49 heavy (non-hydrogen) atoms. The second-order valence-corrected chi connectivity index (χ2v) is 12.8. The molecular weight excluding hydrogens is 597 g/mol. The third kappa shape index (κ3) is 4.31. The van der Waals surface area contributed by atoms with Gasteiger partial charge in [0.05, 0.1) is 33.3 Å². The molecule has 0 unspecified atom stereocenters. The molecule has 0 atom stereocenters. The highest BCUT2D eigenvalue weighted by atomic mass is 15.0. The Bertz CT molecular complexity index is 2860. The first-order chi connectivity index (χ1) is 24.2. The molecular formula is C45H30N4. The summed E-state index contributed by atoms with van der Waals surface area (Å²) in [5.74, 6) is 0.720. The molecule has 3 heterocycles. The summed E-state index contributed by atoms with van der Waals surface area (Å²) in [6, 6.07) is 58.3. The Kier molecular flexibility index (Phi) is 6.06. The van der Waals surface area contributed by atoms with Gasteiger partial charge in [-0.15, -0.1) is 0 Å². The molecule has 230 valence electrons. The molecule has 0 saturated heterocycles. The van der Waals surface area contributed by atoms with E-state index in [-0.39, 0.29) is 0 Å². The fourth-order valence-corrected chi connectivity index (χ4v) is 7.50. The van der Waals surface area contributed by atoms with E-state index in [0.717, 1.165) is 44.9 Å². The van der Waals surface area contributed by atoms with Gasteiger partial charge in [-0.2, -0.15) is 0 Å². The summed E-state index contributed by atoms with van der Waals surface area (Å²) in [4.78, 5) is 10.1. The Morgan fingerprint density at radius 1 is 0.388 bits per heavy atom. The lowest BCUT2D eigenvalue weighted by Crippen LogP contribution is -1.97. The minimum atomic E-state index is 0.720. The molecule has 10 rings (SSSR count). The first kappa shape index (κ1) is 27.6. The van der Waals surface area contributed by atoms with Crippen LogP contribution in [0.3, 0.4) is 0 Å². The molecule has 0 aliphatic heterocycles. The van der Waals surface area contributed by atoms with Crippen LogP contribution in [0.2, 0.25) is 0 Å². The smallest absolute Gasteiger partial charge is 0.160 e. The molecule has 4 heteroatoms. The number of para-hydroxylation sites is 3. The molecule has 4 nitrogen and oxygen atoms in total. The molecule has 3 aromatic heterocycles. The molecule has 0 N–H and O–H groups in total. The Morgan fingerprint density at radius 2 is 0.959 bits per heavy atom. The molecule has 0 radical (unpaired) electrons. The molecule has 7 aromatic carbocycles. The highest BCUT2D eigenvalue weighted by molar-refractivity contribution is 6.19. The molecule has 0 amide bonds. The van der Waals surface area contributed by atoms with Gasteiger partial charge >= 0.3 is 0 Å². The highest BCUT2D eigenvalue weighted by Gasteiger charge is 2.19. The van der Waals surface area contributed by atoms with Gasteiger partial charge in [0.15, 0.2) is 5.82 Å². The van der Waals surface area contributed by atoms with Crippen LogP contribution in [-0.4, -0.2) is 19.1 Å². The maximum absolute atomic E-state index is 5.12. The van der Waals surface area contributed by atoms with E-state index in [1.54, 1.807) is 0 Å². The largest absolute Gasteiger partial charge is 0.309 e. The van der Waals surface area contributed by atoms with E-state index in [1.165, 1.54) is 49.2 Å². The summed E-state index contributed by atoms with van der Waals surface area (Å²) in [7, 11) is 0. The maximum atomic E-state index is 5.12. The summed E-state index contributed by atoms with van der Waals surface area (Å²) < 4.78 is 4.80. The molecule has 0 saturated carbocycles. The summed E-state index contributed by atoms with van der Waals surface area (Å²) in [5.41, 5.74) is 12.2. The van der Waals surface area contributed by atoms with Gasteiger partial charge in [-0.05, 0) is 79.2 Å². The van der Waals surface area contributed by atoms with Crippen LogP contribution in [-0.2, 0) is 0 Å². The zero-order valence-corrected chi connectivity index (χ0v) is 26.9. The van der Waals surface area contributed by atoms with Crippen molar-refractivity contribution in [1.29, 1.82) is 0 Å². The number of hydrogen-bond acceptors (Lipinski definition) is 2. The molecule has 0 spiro atoms. The molecule has 10 aromatic rings. The number of rotatable bonds is 4. The summed E-state index contributed by atoms with van der Waals surface area (Å²) in [5, 5.41) is 6.00. The Hall–Kier alpha value is -6.52. The van der Waals surface area contributed by atoms with Gasteiger partial charge in [-0.25, -0.2) is 9.97 Å². The lowest BCUT2D eigenvalue weighted by Gasteiger charge is -2.11. The van der Waals surface area contributed by atoms with Crippen LogP contribution < -0.4 is 0 Å². The summed E-state index contributed by atoms with van der Waals surface area (Å²) in [6.07, 6.45) is 0. The van der Waals surface area contributed by atoms with Crippen molar-refractivity contribution in [3.63, 3.8) is 0 Å². The Morgan fingerprint density at radius 3 is 1.71 bits per heavy atom. The second kappa shape index (κ2) is 10.8. The third-order valence-corrected chi connectivity index (χ3v) is 9.76. The number of fused-ring (bicyclic) bond motifs is 7. The fraction of sp³-hybridized carbons (Fsp3) is 0.0222. The number of nitrogens with zero attached hydrogens (tertiary/aromatic N) is 4. The van der Waals surface area contributed by atoms with E-state index in [4.69, 9.17) is 9.97 Å². The van der Waals surface area contributed by atoms with Gasteiger partial charge < -0.3 is 9.13 Å². The van der Waals surface area contributed by atoms with Crippen LogP contribution in [0.4, 0.5) is 0 Å². The maximum Gasteiger partial charge on any atom is 0.160 e. The number of benzene rings is 7. The van der Waals surface area contributed by atoms with Crippen molar-refractivity contribution < 1.29 is 0 Å². The number of hydrogen-bond donors (Lipinski definition) is 0. The molecule has 0 aliphatic carbocycles. The zero-order valence-electron chi connectivity index (χ0n) is 26.9. The SMILES string of the molecule is Cc1ccc2c3cc4c(cc3n(-c3ccc(-c5nc(-c6ccccc6)c6ccccc6n5)cc3)c2c1)c1ccccc1n4-c1ccccc1.